The molecule has 4 aliphatic rings. The topological polar surface area (TPSA) is 134 Å². The quantitative estimate of drug-likeness (QED) is 0.365. The molecule has 0 radical (unpaired) electrons. The third-order valence-corrected chi connectivity index (χ3v) is 9.95. The summed E-state index contributed by atoms with van der Waals surface area (Å²) in [5, 5.41) is 46.9. The Labute approximate surface area is 195 Å². The second-order valence-corrected chi connectivity index (χ2v) is 11.3. The van der Waals surface area contributed by atoms with Crippen molar-refractivity contribution in [3.8, 4) is 0 Å². The van der Waals surface area contributed by atoms with Crippen LogP contribution in [0.5, 0.6) is 0 Å². The molecular weight excluding hydrogens is 428 g/mol. The summed E-state index contributed by atoms with van der Waals surface area (Å²) in [5.74, 6) is -1.55. The van der Waals surface area contributed by atoms with Gasteiger partial charge in [0.1, 0.15) is 29.0 Å². The lowest BCUT2D eigenvalue weighted by Crippen LogP contribution is -2.78. The summed E-state index contributed by atoms with van der Waals surface area (Å²) in [7, 11) is 0. The van der Waals surface area contributed by atoms with Crippen molar-refractivity contribution in [3.05, 3.63) is 11.6 Å². The molecule has 4 aliphatic carbocycles. The van der Waals surface area contributed by atoms with E-state index in [2.05, 4.69) is 6.92 Å². The minimum Gasteiger partial charge on any atom is -0.462 e. The molecule has 0 bridgehead atoms. The lowest BCUT2D eigenvalue weighted by molar-refractivity contribution is -0.327. The van der Waals surface area contributed by atoms with E-state index in [0.29, 0.717) is 19.3 Å². The summed E-state index contributed by atoms with van der Waals surface area (Å²) in [6.45, 7) is 7.82. The van der Waals surface area contributed by atoms with Crippen molar-refractivity contribution in [1.82, 2.24) is 0 Å². The summed E-state index contributed by atoms with van der Waals surface area (Å²) in [6, 6.07) is 0. The first-order chi connectivity index (χ1) is 15.2. The van der Waals surface area contributed by atoms with E-state index in [1.54, 1.807) is 13.8 Å². The molecule has 0 aromatic carbocycles. The van der Waals surface area contributed by atoms with Gasteiger partial charge in [0.05, 0.1) is 11.5 Å². The van der Waals surface area contributed by atoms with Gasteiger partial charge in [0.2, 0.25) is 0 Å². The number of esters is 2. The normalized spacial score (nSPS) is 49.7. The number of hydrogen-bond donors (Lipinski definition) is 4. The first kappa shape index (κ1) is 24.6. The zero-order valence-corrected chi connectivity index (χ0v) is 20.3. The van der Waals surface area contributed by atoms with Crippen LogP contribution in [0.25, 0.3) is 0 Å². The van der Waals surface area contributed by atoms with E-state index in [0.717, 1.165) is 5.57 Å². The molecule has 3 fully saturated rings. The largest absolute Gasteiger partial charge is 0.462 e. The molecule has 0 saturated heterocycles. The van der Waals surface area contributed by atoms with Gasteiger partial charge in [0.15, 0.2) is 0 Å². The second kappa shape index (κ2) is 7.51. The number of rotatable bonds is 3. The number of carbonyl (C=O) groups excluding carboxylic acids is 2. The maximum Gasteiger partial charge on any atom is 0.302 e. The van der Waals surface area contributed by atoms with Crippen molar-refractivity contribution in [2.24, 2.45) is 16.7 Å². The summed E-state index contributed by atoms with van der Waals surface area (Å²) >= 11 is 0. The molecule has 8 heteroatoms. The van der Waals surface area contributed by atoms with Crippen molar-refractivity contribution >= 4 is 11.9 Å². The number of carbonyl (C=O) groups is 2. The summed E-state index contributed by atoms with van der Waals surface area (Å²) in [5.41, 5.74) is -6.01. The summed E-state index contributed by atoms with van der Waals surface area (Å²) < 4.78 is 11.2. The molecule has 4 rings (SSSR count). The van der Waals surface area contributed by atoms with Gasteiger partial charge in [-0.1, -0.05) is 25.5 Å². The van der Waals surface area contributed by atoms with E-state index >= 15 is 0 Å². The average molecular weight is 467 g/mol. The third-order valence-electron chi connectivity index (χ3n) is 9.95. The Balaban J connectivity index is 1.87. The first-order valence-electron chi connectivity index (χ1n) is 12.0. The van der Waals surface area contributed by atoms with Crippen molar-refractivity contribution in [1.29, 1.82) is 0 Å². The highest BCUT2D eigenvalue weighted by Crippen LogP contribution is 2.71. The van der Waals surface area contributed by atoms with Crippen molar-refractivity contribution in [2.75, 3.05) is 0 Å². The Bertz CT molecular complexity index is 886. The van der Waals surface area contributed by atoms with Crippen molar-refractivity contribution in [2.45, 2.75) is 115 Å². The van der Waals surface area contributed by atoms with Gasteiger partial charge in [0.25, 0.3) is 0 Å². The Hall–Kier alpha value is -1.48. The molecule has 186 valence electrons. The molecule has 0 spiro atoms. The van der Waals surface area contributed by atoms with Gasteiger partial charge < -0.3 is 29.9 Å². The Morgan fingerprint density at radius 3 is 2.36 bits per heavy atom. The molecule has 0 aliphatic heterocycles. The predicted molar refractivity (Wildman–Crippen MR) is 118 cm³/mol. The van der Waals surface area contributed by atoms with E-state index < -0.39 is 63.8 Å². The van der Waals surface area contributed by atoms with Crippen LogP contribution in [-0.4, -0.2) is 67.5 Å². The van der Waals surface area contributed by atoms with E-state index in [4.69, 9.17) is 9.47 Å². The number of aliphatic hydroxyl groups excluding tert-OH is 1. The smallest absolute Gasteiger partial charge is 0.302 e. The Morgan fingerprint density at radius 2 is 1.76 bits per heavy atom. The molecule has 0 aromatic rings. The zero-order valence-electron chi connectivity index (χ0n) is 20.3. The van der Waals surface area contributed by atoms with Crippen molar-refractivity contribution in [3.63, 3.8) is 0 Å². The third kappa shape index (κ3) is 3.03. The van der Waals surface area contributed by atoms with Gasteiger partial charge in [-0.05, 0) is 57.3 Å². The van der Waals surface area contributed by atoms with Gasteiger partial charge >= 0.3 is 11.9 Å². The average Bonchev–Trinajstić information content (AvgIpc) is 2.94. The lowest BCUT2D eigenvalue weighted by Gasteiger charge is -2.67. The van der Waals surface area contributed by atoms with Crippen LogP contribution in [0.1, 0.15) is 79.6 Å². The molecule has 0 aromatic heterocycles. The van der Waals surface area contributed by atoms with E-state index in [1.165, 1.54) is 13.8 Å². The fourth-order valence-electron chi connectivity index (χ4n) is 8.04. The van der Waals surface area contributed by atoms with Crippen LogP contribution in [0, 0.1) is 16.7 Å². The van der Waals surface area contributed by atoms with Crippen LogP contribution in [0.15, 0.2) is 11.6 Å². The minimum absolute atomic E-state index is 0.0677. The van der Waals surface area contributed by atoms with Gasteiger partial charge in [-0.3, -0.25) is 9.59 Å². The fraction of sp³-hybridized carbons (Fsp3) is 0.840. The molecule has 3 saturated carbocycles. The highest BCUT2D eigenvalue weighted by Gasteiger charge is 2.81. The molecular formula is C25H38O8. The predicted octanol–water partition coefficient (Wildman–Crippen LogP) is 1.76. The lowest BCUT2D eigenvalue weighted by atomic mass is 9.42. The van der Waals surface area contributed by atoms with Crippen LogP contribution < -0.4 is 0 Å². The maximum absolute atomic E-state index is 12.4. The second-order valence-electron chi connectivity index (χ2n) is 11.3. The van der Waals surface area contributed by atoms with E-state index in [9.17, 15) is 30.0 Å². The van der Waals surface area contributed by atoms with E-state index in [1.807, 2.05) is 6.08 Å². The van der Waals surface area contributed by atoms with Crippen LogP contribution >= 0.6 is 0 Å². The number of fused-ring (bicyclic) bond motifs is 5. The van der Waals surface area contributed by atoms with Gasteiger partial charge in [0, 0.05) is 19.8 Å². The van der Waals surface area contributed by atoms with E-state index in [-0.39, 0.29) is 25.7 Å². The van der Waals surface area contributed by atoms with Crippen LogP contribution in [-0.2, 0) is 19.1 Å². The van der Waals surface area contributed by atoms with Gasteiger partial charge in [-0.25, -0.2) is 0 Å². The van der Waals surface area contributed by atoms with Crippen LogP contribution in [0.4, 0.5) is 0 Å². The van der Waals surface area contributed by atoms with Gasteiger partial charge in [-0.15, -0.1) is 0 Å². The monoisotopic (exact) mass is 466 g/mol. The Kier molecular flexibility index (Phi) is 5.61. The fourth-order valence-corrected chi connectivity index (χ4v) is 8.04. The SMILES string of the molecule is CC(=O)OC(C)[C@@]1(O)CC[C@@]2(O)[C@]1(C)[C@H](OC(C)=O)C[C@@H]1[C@@]3(C)CC[C@H](O)CC3=CC[C@]12O. The highest BCUT2D eigenvalue weighted by atomic mass is 16.6. The first-order valence-corrected chi connectivity index (χ1v) is 12.0. The summed E-state index contributed by atoms with van der Waals surface area (Å²) in [6.07, 6.45) is 1.92. The molecule has 9 atom stereocenters. The Morgan fingerprint density at radius 1 is 1.09 bits per heavy atom. The minimum atomic E-state index is -1.80. The highest BCUT2D eigenvalue weighted by molar-refractivity contribution is 5.67. The summed E-state index contributed by atoms with van der Waals surface area (Å²) in [4.78, 5) is 23.9. The molecule has 0 amide bonds. The zero-order chi connectivity index (χ0) is 24.6. The molecule has 1 unspecified atom stereocenters. The molecule has 33 heavy (non-hydrogen) atoms. The van der Waals surface area contributed by atoms with Crippen LogP contribution in [0.3, 0.4) is 0 Å². The number of hydrogen-bond acceptors (Lipinski definition) is 8. The molecule has 8 nitrogen and oxygen atoms in total. The standard InChI is InChI=1S/C25H38O8/c1-14(32-15(2)26)23(29)10-11-25(31)22(23,5)20(33-16(3)27)13-19-21(4)8-7-18(28)12-17(21)6-9-24(19,25)30/h6,14,18-20,28-31H,7-13H2,1-5H3/t14?,18-,19+,20+,21-,22+,23-,24-,25+/m0/s1. The van der Waals surface area contributed by atoms with Crippen molar-refractivity contribution < 1.29 is 39.5 Å². The maximum atomic E-state index is 12.4. The van der Waals surface area contributed by atoms with Gasteiger partial charge in [-0.2, -0.15) is 0 Å². The number of ether oxygens (including phenoxy) is 2. The van der Waals surface area contributed by atoms with Crippen LogP contribution in [0.2, 0.25) is 0 Å². The molecule has 4 N–H and O–H groups in total. The number of aliphatic hydroxyl groups is 4. The molecule has 0 heterocycles.